The van der Waals surface area contributed by atoms with Crippen LogP contribution in [0, 0.1) is 23.2 Å². The lowest BCUT2D eigenvalue weighted by Gasteiger charge is -2.35. The number of hydrogen-bond donors (Lipinski definition) is 2. The first-order chi connectivity index (χ1) is 9.26. The average molecular weight is 265 g/mol. The molecule has 2 atom stereocenters. The standard InChI is InChI=1S/C16H27NO2/c18-11-16(8-4-1-5-9-16)10-17-15(19)14-12-6-2-3-7-13(12)14/h12-14,18H,1-11H2,(H,17,19). The largest absolute Gasteiger partial charge is 0.396 e. The van der Waals surface area contributed by atoms with Crippen LogP contribution >= 0.6 is 0 Å². The minimum atomic E-state index is -0.0199. The quantitative estimate of drug-likeness (QED) is 0.820. The lowest BCUT2D eigenvalue weighted by Crippen LogP contribution is -2.42. The first kappa shape index (κ1) is 13.4. The summed E-state index contributed by atoms with van der Waals surface area (Å²) in [5.74, 6) is 1.95. The van der Waals surface area contributed by atoms with Crippen molar-refractivity contribution in [2.45, 2.75) is 57.8 Å². The van der Waals surface area contributed by atoms with Gasteiger partial charge in [0.25, 0.3) is 0 Å². The molecular weight excluding hydrogens is 238 g/mol. The van der Waals surface area contributed by atoms with Crippen LogP contribution in [0.4, 0.5) is 0 Å². The molecule has 0 aliphatic heterocycles. The molecule has 108 valence electrons. The fourth-order valence-corrected chi connectivity index (χ4v) is 4.47. The van der Waals surface area contributed by atoms with Crippen molar-refractivity contribution in [2.75, 3.05) is 13.2 Å². The van der Waals surface area contributed by atoms with Crippen molar-refractivity contribution >= 4 is 5.91 Å². The van der Waals surface area contributed by atoms with Crippen molar-refractivity contribution in [3.05, 3.63) is 0 Å². The Morgan fingerprint density at radius 2 is 1.68 bits per heavy atom. The van der Waals surface area contributed by atoms with Gasteiger partial charge in [-0.25, -0.2) is 0 Å². The van der Waals surface area contributed by atoms with Gasteiger partial charge in [-0.05, 0) is 37.5 Å². The van der Waals surface area contributed by atoms with Crippen molar-refractivity contribution in [2.24, 2.45) is 23.2 Å². The zero-order valence-corrected chi connectivity index (χ0v) is 11.9. The zero-order valence-electron chi connectivity index (χ0n) is 11.9. The van der Waals surface area contributed by atoms with E-state index in [2.05, 4.69) is 5.32 Å². The molecule has 0 radical (unpaired) electrons. The lowest BCUT2D eigenvalue weighted by atomic mass is 9.74. The van der Waals surface area contributed by atoms with E-state index in [0.29, 0.717) is 24.3 Å². The number of hydrogen-bond acceptors (Lipinski definition) is 2. The third-order valence-corrected chi connectivity index (χ3v) is 5.85. The van der Waals surface area contributed by atoms with E-state index in [1.165, 1.54) is 44.9 Å². The molecular formula is C16H27NO2. The third kappa shape index (κ3) is 2.67. The lowest BCUT2D eigenvalue weighted by molar-refractivity contribution is -0.123. The first-order valence-corrected chi connectivity index (χ1v) is 8.14. The Labute approximate surface area is 116 Å². The van der Waals surface area contributed by atoms with E-state index >= 15 is 0 Å². The third-order valence-electron chi connectivity index (χ3n) is 5.85. The molecule has 3 aliphatic carbocycles. The minimum Gasteiger partial charge on any atom is -0.396 e. The Bertz CT molecular complexity index is 324. The van der Waals surface area contributed by atoms with Crippen molar-refractivity contribution < 1.29 is 9.90 Å². The number of rotatable bonds is 4. The fraction of sp³-hybridized carbons (Fsp3) is 0.938. The van der Waals surface area contributed by atoms with E-state index in [4.69, 9.17) is 0 Å². The van der Waals surface area contributed by atoms with Gasteiger partial charge >= 0.3 is 0 Å². The van der Waals surface area contributed by atoms with Gasteiger partial charge in [-0.3, -0.25) is 4.79 Å². The predicted molar refractivity (Wildman–Crippen MR) is 74.6 cm³/mol. The number of carbonyl (C=O) groups excluding carboxylic acids is 1. The number of amides is 1. The summed E-state index contributed by atoms with van der Waals surface area (Å²) in [7, 11) is 0. The van der Waals surface area contributed by atoms with E-state index in [-0.39, 0.29) is 17.9 Å². The molecule has 2 unspecified atom stereocenters. The van der Waals surface area contributed by atoms with Crippen molar-refractivity contribution in [1.82, 2.24) is 5.32 Å². The average Bonchev–Trinajstić information content (AvgIpc) is 3.20. The SMILES string of the molecule is O=C(NCC1(CO)CCCCC1)C1C2CCCCC21. The van der Waals surface area contributed by atoms with Crippen LogP contribution in [0.1, 0.15) is 57.8 Å². The van der Waals surface area contributed by atoms with E-state index in [1.807, 2.05) is 0 Å². The molecule has 3 rings (SSSR count). The zero-order chi connectivity index (χ0) is 13.3. The Kier molecular flexibility index (Phi) is 3.84. The van der Waals surface area contributed by atoms with Crippen LogP contribution in [-0.4, -0.2) is 24.2 Å². The summed E-state index contributed by atoms with van der Waals surface area (Å²) in [6, 6.07) is 0. The van der Waals surface area contributed by atoms with E-state index in [0.717, 1.165) is 12.8 Å². The summed E-state index contributed by atoms with van der Waals surface area (Å²) in [5, 5.41) is 12.8. The molecule has 0 saturated heterocycles. The highest BCUT2D eigenvalue weighted by Gasteiger charge is 2.54. The molecule has 0 heterocycles. The van der Waals surface area contributed by atoms with Crippen molar-refractivity contribution in [1.29, 1.82) is 0 Å². The molecule has 0 aromatic carbocycles. The van der Waals surface area contributed by atoms with Crippen molar-refractivity contribution in [3.63, 3.8) is 0 Å². The van der Waals surface area contributed by atoms with Crippen LogP contribution in [0.25, 0.3) is 0 Å². The van der Waals surface area contributed by atoms with E-state index < -0.39 is 0 Å². The molecule has 19 heavy (non-hydrogen) atoms. The van der Waals surface area contributed by atoms with Gasteiger partial charge < -0.3 is 10.4 Å². The fourth-order valence-electron chi connectivity index (χ4n) is 4.47. The number of fused-ring (bicyclic) bond motifs is 1. The number of carbonyl (C=O) groups is 1. The van der Waals surface area contributed by atoms with Gasteiger partial charge in [0.2, 0.25) is 5.91 Å². The van der Waals surface area contributed by atoms with Crippen LogP contribution in [0.2, 0.25) is 0 Å². The number of aliphatic hydroxyl groups is 1. The topological polar surface area (TPSA) is 49.3 Å². The van der Waals surface area contributed by atoms with Crippen LogP contribution in [0.5, 0.6) is 0 Å². The summed E-state index contributed by atoms with van der Waals surface area (Å²) in [5.41, 5.74) is -0.0199. The minimum absolute atomic E-state index is 0.0199. The van der Waals surface area contributed by atoms with Crippen LogP contribution in [-0.2, 0) is 4.79 Å². The monoisotopic (exact) mass is 265 g/mol. The molecule has 0 spiro atoms. The maximum Gasteiger partial charge on any atom is 0.223 e. The second-order valence-corrected chi connectivity index (χ2v) is 7.07. The summed E-state index contributed by atoms with van der Waals surface area (Å²) in [6.45, 7) is 0.920. The molecule has 3 fully saturated rings. The molecule has 3 aliphatic rings. The van der Waals surface area contributed by atoms with Gasteiger partial charge in [-0.2, -0.15) is 0 Å². The van der Waals surface area contributed by atoms with E-state index in [1.54, 1.807) is 0 Å². The molecule has 3 nitrogen and oxygen atoms in total. The number of aliphatic hydroxyl groups excluding tert-OH is 1. The van der Waals surface area contributed by atoms with Gasteiger partial charge in [-0.1, -0.05) is 32.1 Å². The molecule has 0 aromatic heterocycles. The maximum absolute atomic E-state index is 12.3. The first-order valence-electron chi connectivity index (χ1n) is 8.14. The molecule has 2 N–H and O–H groups in total. The summed E-state index contributed by atoms with van der Waals surface area (Å²) < 4.78 is 0. The van der Waals surface area contributed by atoms with Gasteiger partial charge in [0.15, 0.2) is 0 Å². The highest BCUT2D eigenvalue weighted by molar-refractivity contribution is 5.82. The second-order valence-electron chi connectivity index (χ2n) is 7.07. The van der Waals surface area contributed by atoms with Gasteiger partial charge in [-0.15, -0.1) is 0 Å². The van der Waals surface area contributed by atoms with Crippen LogP contribution < -0.4 is 5.32 Å². The van der Waals surface area contributed by atoms with Crippen molar-refractivity contribution in [3.8, 4) is 0 Å². The highest BCUT2D eigenvalue weighted by Crippen LogP contribution is 2.55. The maximum atomic E-state index is 12.3. The number of nitrogens with one attached hydrogen (secondary N) is 1. The normalized spacial score (nSPS) is 36.4. The Balaban J connectivity index is 1.50. The van der Waals surface area contributed by atoms with Gasteiger partial charge in [0.1, 0.15) is 0 Å². The summed E-state index contributed by atoms with van der Waals surface area (Å²) in [4.78, 5) is 12.3. The smallest absolute Gasteiger partial charge is 0.223 e. The molecule has 1 amide bonds. The second kappa shape index (κ2) is 5.43. The van der Waals surface area contributed by atoms with Gasteiger partial charge in [0.05, 0.1) is 6.61 Å². The Morgan fingerprint density at radius 3 is 2.26 bits per heavy atom. The van der Waals surface area contributed by atoms with Crippen LogP contribution in [0.3, 0.4) is 0 Å². The van der Waals surface area contributed by atoms with Crippen LogP contribution in [0.15, 0.2) is 0 Å². The molecule has 0 bridgehead atoms. The Hall–Kier alpha value is -0.570. The molecule has 3 saturated carbocycles. The molecule has 3 heteroatoms. The van der Waals surface area contributed by atoms with Gasteiger partial charge in [0, 0.05) is 17.9 Å². The van der Waals surface area contributed by atoms with E-state index in [9.17, 15) is 9.90 Å². The molecule has 0 aromatic rings. The Morgan fingerprint density at radius 1 is 1.05 bits per heavy atom. The highest BCUT2D eigenvalue weighted by atomic mass is 16.3. The summed E-state index contributed by atoms with van der Waals surface area (Å²) in [6.07, 6.45) is 11.0. The summed E-state index contributed by atoms with van der Waals surface area (Å²) >= 11 is 0. The predicted octanol–water partition coefficient (Wildman–Crippen LogP) is 2.48.